The van der Waals surface area contributed by atoms with Crippen LogP contribution in [0.4, 0.5) is 6.01 Å². The molecule has 1 aromatic rings. The Labute approximate surface area is 91.5 Å². The molecule has 0 atom stereocenters. The van der Waals surface area contributed by atoms with E-state index >= 15 is 0 Å². The van der Waals surface area contributed by atoms with Gasteiger partial charge in [-0.05, 0) is 11.8 Å². The Morgan fingerprint density at radius 2 is 2.13 bits per heavy atom. The van der Waals surface area contributed by atoms with E-state index in [1.807, 2.05) is 0 Å². The summed E-state index contributed by atoms with van der Waals surface area (Å²) in [6.07, 6.45) is 4.58. The predicted octanol–water partition coefficient (Wildman–Crippen LogP) is 2.94. The van der Waals surface area contributed by atoms with Crippen LogP contribution in [0.25, 0.3) is 0 Å². The molecule has 0 saturated carbocycles. The zero-order valence-corrected chi connectivity index (χ0v) is 10.1. The van der Waals surface area contributed by atoms with Gasteiger partial charge >= 0.3 is 0 Å². The number of oxazole rings is 1. The van der Waals surface area contributed by atoms with Crippen molar-refractivity contribution in [2.45, 2.75) is 34.1 Å². The Bertz CT molecular complexity index is 318. The van der Waals surface area contributed by atoms with Gasteiger partial charge in [-0.3, -0.25) is 0 Å². The van der Waals surface area contributed by atoms with Crippen molar-refractivity contribution in [2.24, 2.45) is 10.8 Å². The van der Waals surface area contributed by atoms with E-state index < -0.39 is 0 Å². The molecule has 0 bridgehead atoms. The first-order chi connectivity index (χ1) is 6.88. The Morgan fingerprint density at radius 1 is 1.47 bits per heavy atom. The van der Waals surface area contributed by atoms with Crippen molar-refractivity contribution < 1.29 is 4.42 Å². The van der Waals surface area contributed by atoms with Crippen LogP contribution in [0.3, 0.4) is 0 Å². The Hall–Kier alpha value is -0.990. The standard InChI is InChI=1S/C12H20N2O/c1-11(2,3)7-12(4)8-14(9-12)10-13-5-6-15-10/h5-6H,7-9H2,1-4H3. The summed E-state index contributed by atoms with van der Waals surface area (Å²) in [7, 11) is 0. The molecule has 3 nitrogen and oxygen atoms in total. The average Bonchev–Trinajstić information content (AvgIpc) is 2.47. The molecule has 0 amide bonds. The van der Waals surface area contributed by atoms with Crippen LogP contribution in [0, 0.1) is 10.8 Å². The first-order valence-electron chi connectivity index (χ1n) is 5.53. The van der Waals surface area contributed by atoms with E-state index in [9.17, 15) is 0 Å². The van der Waals surface area contributed by atoms with Crippen LogP contribution < -0.4 is 4.90 Å². The molecular formula is C12H20N2O. The van der Waals surface area contributed by atoms with E-state index in [0.717, 1.165) is 19.1 Å². The number of aromatic nitrogens is 1. The molecule has 2 rings (SSSR count). The largest absolute Gasteiger partial charge is 0.432 e. The summed E-state index contributed by atoms with van der Waals surface area (Å²) in [5.41, 5.74) is 0.824. The number of anilines is 1. The first-order valence-corrected chi connectivity index (χ1v) is 5.53. The molecule has 3 heteroatoms. The lowest BCUT2D eigenvalue weighted by atomic mass is 9.70. The van der Waals surface area contributed by atoms with Gasteiger partial charge in [-0.15, -0.1) is 0 Å². The highest BCUT2D eigenvalue weighted by Crippen LogP contribution is 2.41. The third-order valence-corrected chi connectivity index (χ3v) is 2.79. The maximum absolute atomic E-state index is 5.28. The van der Waals surface area contributed by atoms with Crippen molar-refractivity contribution in [3.05, 3.63) is 12.5 Å². The summed E-state index contributed by atoms with van der Waals surface area (Å²) in [6, 6.07) is 0.765. The van der Waals surface area contributed by atoms with E-state index in [0.29, 0.717) is 10.8 Å². The van der Waals surface area contributed by atoms with Gasteiger partial charge in [0.05, 0.1) is 6.20 Å². The monoisotopic (exact) mass is 208 g/mol. The van der Waals surface area contributed by atoms with Crippen molar-refractivity contribution in [3.8, 4) is 0 Å². The summed E-state index contributed by atoms with van der Waals surface area (Å²) < 4.78 is 5.28. The van der Waals surface area contributed by atoms with Crippen LogP contribution >= 0.6 is 0 Å². The quantitative estimate of drug-likeness (QED) is 0.748. The molecule has 0 radical (unpaired) electrons. The molecule has 1 aromatic heterocycles. The average molecular weight is 208 g/mol. The summed E-state index contributed by atoms with van der Waals surface area (Å²) >= 11 is 0. The third kappa shape index (κ3) is 2.33. The molecule has 1 aliphatic heterocycles. The second kappa shape index (κ2) is 3.26. The molecule has 0 aliphatic carbocycles. The third-order valence-electron chi connectivity index (χ3n) is 2.79. The molecule has 1 fully saturated rings. The fourth-order valence-corrected chi connectivity index (χ4v) is 2.77. The van der Waals surface area contributed by atoms with Gasteiger partial charge in [0.25, 0.3) is 6.01 Å². The number of hydrogen-bond acceptors (Lipinski definition) is 3. The zero-order chi connectivity index (χ0) is 11.1. The van der Waals surface area contributed by atoms with E-state index in [-0.39, 0.29) is 0 Å². The van der Waals surface area contributed by atoms with Crippen LogP contribution in [0.1, 0.15) is 34.1 Å². The SMILES string of the molecule is CC(C)(C)CC1(C)CN(c2ncco2)C1. The summed E-state index contributed by atoms with van der Waals surface area (Å²) in [5, 5.41) is 0. The Kier molecular flexibility index (Phi) is 2.28. The molecule has 15 heavy (non-hydrogen) atoms. The van der Waals surface area contributed by atoms with Gasteiger partial charge in [-0.25, -0.2) is 4.98 Å². The first kappa shape index (κ1) is 10.5. The van der Waals surface area contributed by atoms with Crippen LogP contribution in [-0.2, 0) is 0 Å². The molecule has 0 unspecified atom stereocenters. The fraction of sp³-hybridized carbons (Fsp3) is 0.750. The summed E-state index contributed by atoms with van der Waals surface area (Å²) in [6.45, 7) is 11.4. The normalized spacial score (nSPS) is 20.1. The van der Waals surface area contributed by atoms with E-state index in [1.54, 1.807) is 12.5 Å². The molecule has 2 heterocycles. The molecule has 1 aliphatic rings. The molecule has 0 spiro atoms. The van der Waals surface area contributed by atoms with Gasteiger partial charge in [-0.2, -0.15) is 0 Å². The number of nitrogens with zero attached hydrogens (tertiary/aromatic N) is 2. The maximum atomic E-state index is 5.28. The minimum Gasteiger partial charge on any atom is -0.432 e. The van der Waals surface area contributed by atoms with Crippen LogP contribution in [0.5, 0.6) is 0 Å². The second-order valence-corrected chi connectivity index (χ2v) is 6.22. The predicted molar refractivity (Wildman–Crippen MR) is 60.9 cm³/mol. The van der Waals surface area contributed by atoms with Gasteiger partial charge in [0.1, 0.15) is 6.26 Å². The lowest BCUT2D eigenvalue weighted by Gasteiger charge is -2.50. The van der Waals surface area contributed by atoms with Crippen LogP contribution in [0.15, 0.2) is 16.9 Å². The molecule has 0 N–H and O–H groups in total. The van der Waals surface area contributed by atoms with Crippen LogP contribution in [0.2, 0.25) is 0 Å². The van der Waals surface area contributed by atoms with Gasteiger partial charge < -0.3 is 9.32 Å². The molecule has 84 valence electrons. The highest BCUT2D eigenvalue weighted by Gasteiger charge is 2.42. The van der Waals surface area contributed by atoms with Crippen molar-refractivity contribution in [2.75, 3.05) is 18.0 Å². The van der Waals surface area contributed by atoms with Gasteiger partial charge in [0.2, 0.25) is 0 Å². The molecular weight excluding hydrogens is 188 g/mol. The van der Waals surface area contributed by atoms with Gasteiger partial charge in [-0.1, -0.05) is 27.7 Å². The second-order valence-electron chi connectivity index (χ2n) is 6.22. The minimum atomic E-state index is 0.400. The van der Waals surface area contributed by atoms with E-state index in [4.69, 9.17) is 4.42 Å². The van der Waals surface area contributed by atoms with Gasteiger partial charge in [0.15, 0.2) is 0 Å². The summed E-state index contributed by atoms with van der Waals surface area (Å²) in [5.74, 6) is 0. The number of rotatable bonds is 2. The smallest absolute Gasteiger partial charge is 0.297 e. The highest BCUT2D eigenvalue weighted by molar-refractivity contribution is 5.32. The van der Waals surface area contributed by atoms with Crippen molar-refractivity contribution in [1.29, 1.82) is 0 Å². The van der Waals surface area contributed by atoms with E-state index in [1.165, 1.54) is 6.42 Å². The van der Waals surface area contributed by atoms with Crippen molar-refractivity contribution in [3.63, 3.8) is 0 Å². The number of hydrogen-bond donors (Lipinski definition) is 0. The lowest BCUT2D eigenvalue weighted by Crippen LogP contribution is -2.56. The Balaban J connectivity index is 1.92. The van der Waals surface area contributed by atoms with Crippen molar-refractivity contribution >= 4 is 6.01 Å². The zero-order valence-electron chi connectivity index (χ0n) is 10.1. The Morgan fingerprint density at radius 3 is 2.60 bits per heavy atom. The molecule has 1 saturated heterocycles. The topological polar surface area (TPSA) is 29.3 Å². The minimum absolute atomic E-state index is 0.400. The lowest BCUT2D eigenvalue weighted by molar-refractivity contribution is 0.143. The van der Waals surface area contributed by atoms with E-state index in [2.05, 4.69) is 37.6 Å². The fourth-order valence-electron chi connectivity index (χ4n) is 2.77. The molecule has 0 aromatic carbocycles. The van der Waals surface area contributed by atoms with Crippen molar-refractivity contribution in [1.82, 2.24) is 4.98 Å². The summed E-state index contributed by atoms with van der Waals surface area (Å²) in [4.78, 5) is 6.36. The van der Waals surface area contributed by atoms with Crippen LogP contribution in [-0.4, -0.2) is 18.1 Å². The highest BCUT2D eigenvalue weighted by atomic mass is 16.4. The van der Waals surface area contributed by atoms with Gasteiger partial charge in [0, 0.05) is 18.5 Å². The maximum Gasteiger partial charge on any atom is 0.297 e.